The number of likely N-dealkylation sites (tertiary alicyclic amines) is 1. The van der Waals surface area contributed by atoms with E-state index in [-0.39, 0.29) is 0 Å². The van der Waals surface area contributed by atoms with Crippen molar-refractivity contribution in [2.24, 2.45) is 11.8 Å². The van der Waals surface area contributed by atoms with E-state index in [1.165, 1.54) is 64.6 Å². The summed E-state index contributed by atoms with van der Waals surface area (Å²) in [6.45, 7) is 10.8. The molecule has 0 bridgehead atoms. The molecular formula is C17H33NO. The first-order chi connectivity index (χ1) is 9.21. The van der Waals surface area contributed by atoms with E-state index in [4.69, 9.17) is 4.74 Å². The van der Waals surface area contributed by atoms with Gasteiger partial charge in [-0.15, -0.1) is 0 Å². The summed E-state index contributed by atoms with van der Waals surface area (Å²) < 4.78 is 6.23. The topological polar surface area (TPSA) is 12.5 Å². The Morgan fingerprint density at radius 1 is 1.11 bits per heavy atom. The molecule has 1 heterocycles. The van der Waals surface area contributed by atoms with Crippen LogP contribution >= 0.6 is 0 Å². The van der Waals surface area contributed by atoms with Crippen LogP contribution in [0.5, 0.6) is 0 Å². The smallest absolute Gasteiger partial charge is 0.0603 e. The fraction of sp³-hybridized carbons (Fsp3) is 1.00. The van der Waals surface area contributed by atoms with Gasteiger partial charge in [0.25, 0.3) is 0 Å². The van der Waals surface area contributed by atoms with Gasteiger partial charge in [-0.2, -0.15) is 0 Å². The molecule has 2 fully saturated rings. The van der Waals surface area contributed by atoms with Crippen molar-refractivity contribution in [1.82, 2.24) is 4.90 Å². The molecule has 2 nitrogen and oxygen atoms in total. The lowest BCUT2D eigenvalue weighted by atomic mass is 9.80. The Balaban J connectivity index is 1.58. The Bertz CT molecular complexity index is 242. The molecule has 2 aliphatic rings. The summed E-state index contributed by atoms with van der Waals surface area (Å²) in [6.07, 6.45) is 10.3. The number of hydrogen-bond acceptors (Lipinski definition) is 2. The molecule has 112 valence electrons. The molecule has 0 aromatic rings. The molecule has 0 amide bonds. The van der Waals surface area contributed by atoms with Crippen LogP contribution in [0, 0.1) is 11.8 Å². The fourth-order valence-corrected chi connectivity index (χ4v) is 3.64. The lowest BCUT2D eigenvalue weighted by Crippen LogP contribution is -2.42. The average molecular weight is 267 g/mol. The molecular weight excluding hydrogens is 234 g/mol. The van der Waals surface area contributed by atoms with Gasteiger partial charge in [-0.1, -0.05) is 33.6 Å². The molecule has 1 saturated carbocycles. The van der Waals surface area contributed by atoms with E-state index in [0.29, 0.717) is 12.2 Å². The van der Waals surface area contributed by atoms with Crippen molar-refractivity contribution < 1.29 is 4.74 Å². The van der Waals surface area contributed by atoms with Crippen LogP contribution in [0.3, 0.4) is 0 Å². The number of hydrogen-bond donors (Lipinski definition) is 0. The zero-order valence-corrected chi connectivity index (χ0v) is 13.2. The first-order valence-corrected chi connectivity index (χ1v) is 8.59. The van der Waals surface area contributed by atoms with Crippen molar-refractivity contribution in [2.45, 2.75) is 77.9 Å². The second kappa shape index (κ2) is 7.64. The number of ether oxygens (including phenoxy) is 1. The minimum atomic E-state index is 0.556. The SMILES string of the molecule is CCCC(C)CN1CCC(OC2CC(CC)C2)CC1. The van der Waals surface area contributed by atoms with Crippen LogP contribution in [0.25, 0.3) is 0 Å². The van der Waals surface area contributed by atoms with E-state index in [9.17, 15) is 0 Å². The van der Waals surface area contributed by atoms with Gasteiger partial charge in [0.05, 0.1) is 12.2 Å². The molecule has 2 rings (SSSR count). The highest BCUT2D eigenvalue weighted by atomic mass is 16.5. The maximum atomic E-state index is 6.23. The third-order valence-corrected chi connectivity index (χ3v) is 5.04. The van der Waals surface area contributed by atoms with Gasteiger partial charge in [0, 0.05) is 19.6 Å². The Morgan fingerprint density at radius 2 is 1.79 bits per heavy atom. The van der Waals surface area contributed by atoms with Crippen LogP contribution in [0.1, 0.15) is 65.7 Å². The third kappa shape index (κ3) is 4.75. The summed E-state index contributed by atoms with van der Waals surface area (Å²) in [6, 6.07) is 0. The van der Waals surface area contributed by atoms with Gasteiger partial charge < -0.3 is 9.64 Å². The first kappa shape index (κ1) is 15.3. The standard InChI is InChI=1S/C17H33NO/c1-4-6-14(3)13-18-9-7-16(8-10-18)19-17-11-15(5-2)12-17/h14-17H,4-13H2,1-3H3. The van der Waals surface area contributed by atoms with Crippen molar-refractivity contribution in [2.75, 3.05) is 19.6 Å². The quantitative estimate of drug-likeness (QED) is 0.689. The van der Waals surface area contributed by atoms with Gasteiger partial charge in [-0.05, 0) is 43.9 Å². The molecule has 1 saturated heterocycles. The van der Waals surface area contributed by atoms with Crippen LogP contribution < -0.4 is 0 Å². The molecule has 0 N–H and O–H groups in total. The maximum Gasteiger partial charge on any atom is 0.0603 e. The molecule has 19 heavy (non-hydrogen) atoms. The summed E-state index contributed by atoms with van der Waals surface area (Å²) in [7, 11) is 0. The van der Waals surface area contributed by atoms with Gasteiger partial charge in [0.1, 0.15) is 0 Å². The zero-order chi connectivity index (χ0) is 13.7. The van der Waals surface area contributed by atoms with Crippen molar-refractivity contribution in [3.63, 3.8) is 0 Å². The Hall–Kier alpha value is -0.0800. The minimum absolute atomic E-state index is 0.556. The second-order valence-electron chi connectivity index (χ2n) is 6.90. The molecule has 1 aliphatic heterocycles. The van der Waals surface area contributed by atoms with Crippen molar-refractivity contribution in [3.05, 3.63) is 0 Å². The van der Waals surface area contributed by atoms with Crippen LogP contribution in [0.15, 0.2) is 0 Å². The molecule has 0 radical (unpaired) electrons. The van der Waals surface area contributed by atoms with Crippen molar-refractivity contribution >= 4 is 0 Å². The van der Waals surface area contributed by atoms with Gasteiger partial charge in [0.2, 0.25) is 0 Å². The van der Waals surface area contributed by atoms with E-state index >= 15 is 0 Å². The Kier molecular flexibility index (Phi) is 6.15. The second-order valence-corrected chi connectivity index (χ2v) is 6.90. The maximum absolute atomic E-state index is 6.23. The van der Waals surface area contributed by atoms with E-state index in [1.54, 1.807) is 0 Å². The van der Waals surface area contributed by atoms with Crippen LogP contribution in [0.2, 0.25) is 0 Å². The number of rotatable bonds is 7. The molecule has 1 unspecified atom stereocenters. The van der Waals surface area contributed by atoms with Gasteiger partial charge in [-0.25, -0.2) is 0 Å². The summed E-state index contributed by atoms with van der Waals surface area (Å²) in [5.41, 5.74) is 0. The zero-order valence-electron chi connectivity index (χ0n) is 13.2. The highest BCUT2D eigenvalue weighted by molar-refractivity contribution is 4.82. The first-order valence-electron chi connectivity index (χ1n) is 8.59. The van der Waals surface area contributed by atoms with E-state index in [0.717, 1.165) is 11.8 Å². The predicted molar refractivity (Wildman–Crippen MR) is 81.4 cm³/mol. The van der Waals surface area contributed by atoms with Crippen molar-refractivity contribution in [3.8, 4) is 0 Å². The monoisotopic (exact) mass is 267 g/mol. The Morgan fingerprint density at radius 3 is 2.37 bits per heavy atom. The highest BCUT2D eigenvalue weighted by Crippen LogP contribution is 2.34. The number of piperidine rings is 1. The summed E-state index contributed by atoms with van der Waals surface area (Å²) in [5, 5.41) is 0. The molecule has 0 spiro atoms. The van der Waals surface area contributed by atoms with E-state index in [2.05, 4.69) is 25.7 Å². The van der Waals surface area contributed by atoms with Crippen LogP contribution in [-0.4, -0.2) is 36.7 Å². The van der Waals surface area contributed by atoms with Crippen LogP contribution in [0.4, 0.5) is 0 Å². The minimum Gasteiger partial charge on any atom is -0.375 e. The molecule has 0 aromatic carbocycles. The summed E-state index contributed by atoms with van der Waals surface area (Å²) in [5.74, 6) is 1.82. The molecule has 1 atom stereocenters. The molecule has 2 heteroatoms. The number of nitrogens with zero attached hydrogens (tertiary/aromatic N) is 1. The molecule has 1 aliphatic carbocycles. The largest absolute Gasteiger partial charge is 0.375 e. The van der Waals surface area contributed by atoms with E-state index in [1.807, 2.05) is 0 Å². The van der Waals surface area contributed by atoms with Gasteiger partial charge >= 0.3 is 0 Å². The Labute approximate surface area is 119 Å². The lowest BCUT2D eigenvalue weighted by Gasteiger charge is -2.40. The third-order valence-electron chi connectivity index (χ3n) is 5.04. The van der Waals surface area contributed by atoms with Crippen molar-refractivity contribution in [1.29, 1.82) is 0 Å². The highest BCUT2D eigenvalue weighted by Gasteiger charge is 2.31. The lowest BCUT2D eigenvalue weighted by molar-refractivity contribution is -0.0946. The van der Waals surface area contributed by atoms with E-state index < -0.39 is 0 Å². The normalized spacial score (nSPS) is 31.1. The molecule has 0 aromatic heterocycles. The van der Waals surface area contributed by atoms with Gasteiger partial charge in [0.15, 0.2) is 0 Å². The van der Waals surface area contributed by atoms with Crippen LogP contribution in [-0.2, 0) is 4.74 Å². The average Bonchev–Trinajstić information content (AvgIpc) is 2.35. The fourth-order valence-electron chi connectivity index (χ4n) is 3.64. The summed E-state index contributed by atoms with van der Waals surface area (Å²) in [4.78, 5) is 2.65. The summed E-state index contributed by atoms with van der Waals surface area (Å²) >= 11 is 0. The predicted octanol–water partition coefficient (Wildman–Crippen LogP) is 4.09. The van der Waals surface area contributed by atoms with Gasteiger partial charge in [-0.3, -0.25) is 0 Å².